The average molecular weight is 304 g/mol. The maximum atomic E-state index is 12.2. The van der Waals surface area contributed by atoms with Crippen molar-refractivity contribution in [1.29, 1.82) is 0 Å². The van der Waals surface area contributed by atoms with Gasteiger partial charge in [-0.15, -0.1) is 0 Å². The third-order valence-electron chi connectivity index (χ3n) is 4.02. The van der Waals surface area contributed by atoms with Gasteiger partial charge in [-0.05, 0) is 24.0 Å². The monoisotopic (exact) mass is 304 g/mol. The molecule has 1 aromatic carbocycles. The summed E-state index contributed by atoms with van der Waals surface area (Å²) in [6, 6.07) is 7.67. The molecule has 2 rings (SSSR count). The summed E-state index contributed by atoms with van der Waals surface area (Å²) < 4.78 is 5.04. The van der Waals surface area contributed by atoms with Crippen molar-refractivity contribution in [2.24, 2.45) is 5.92 Å². The van der Waals surface area contributed by atoms with Gasteiger partial charge in [-0.2, -0.15) is 0 Å². The Labute approximate surface area is 131 Å². The Bertz CT molecular complexity index is 542. The molecule has 5 heteroatoms. The Hall–Kier alpha value is -1.88. The molecule has 1 atom stereocenters. The van der Waals surface area contributed by atoms with Crippen LogP contribution in [0.1, 0.15) is 22.3 Å². The molecule has 1 unspecified atom stereocenters. The first kappa shape index (κ1) is 16.5. The topological polar surface area (TPSA) is 49.9 Å². The number of hydrogen-bond donors (Lipinski definition) is 0. The van der Waals surface area contributed by atoms with Gasteiger partial charge in [0, 0.05) is 46.3 Å². The van der Waals surface area contributed by atoms with Crippen molar-refractivity contribution >= 4 is 11.8 Å². The van der Waals surface area contributed by atoms with E-state index in [0.717, 1.165) is 24.1 Å². The zero-order chi connectivity index (χ0) is 16.1. The van der Waals surface area contributed by atoms with Crippen LogP contribution in [0, 0.1) is 5.92 Å². The number of ether oxygens (including phenoxy) is 1. The lowest BCUT2D eigenvalue weighted by molar-refractivity contribution is -0.128. The quantitative estimate of drug-likeness (QED) is 0.799. The summed E-state index contributed by atoms with van der Waals surface area (Å²) >= 11 is 0. The summed E-state index contributed by atoms with van der Waals surface area (Å²) in [5, 5.41) is 0. The average Bonchev–Trinajstić information content (AvgIpc) is 2.84. The molecule has 2 amide bonds. The highest BCUT2D eigenvalue weighted by molar-refractivity contribution is 5.95. The van der Waals surface area contributed by atoms with Gasteiger partial charge in [-0.1, -0.05) is 18.2 Å². The van der Waals surface area contributed by atoms with Crippen molar-refractivity contribution in [2.45, 2.75) is 12.8 Å². The Kier molecular flexibility index (Phi) is 5.55. The minimum Gasteiger partial charge on any atom is -0.383 e. The van der Waals surface area contributed by atoms with Crippen LogP contribution in [0.4, 0.5) is 0 Å². The van der Waals surface area contributed by atoms with Crippen LogP contribution in [0.5, 0.6) is 0 Å². The lowest BCUT2D eigenvalue weighted by Gasteiger charge is -2.17. The second-order valence-corrected chi connectivity index (χ2v) is 5.96. The second kappa shape index (κ2) is 7.40. The van der Waals surface area contributed by atoms with E-state index in [9.17, 15) is 9.59 Å². The SMILES string of the molecule is COCCN1CC(Cc2ccccc2C(=O)N(C)C)CC1=O. The molecule has 0 N–H and O–H groups in total. The Morgan fingerprint density at radius 1 is 1.36 bits per heavy atom. The molecule has 5 nitrogen and oxygen atoms in total. The van der Waals surface area contributed by atoms with E-state index >= 15 is 0 Å². The van der Waals surface area contributed by atoms with E-state index in [-0.39, 0.29) is 17.7 Å². The Morgan fingerprint density at radius 3 is 2.77 bits per heavy atom. The first-order chi connectivity index (χ1) is 10.5. The van der Waals surface area contributed by atoms with Crippen molar-refractivity contribution in [2.75, 3.05) is 40.9 Å². The van der Waals surface area contributed by atoms with Gasteiger partial charge in [0.2, 0.25) is 5.91 Å². The van der Waals surface area contributed by atoms with Gasteiger partial charge in [0.15, 0.2) is 0 Å². The van der Waals surface area contributed by atoms with E-state index in [1.807, 2.05) is 29.2 Å². The van der Waals surface area contributed by atoms with Crippen molar-refractivity contribution in [3.05, 3.63) is 35.4 Å². The number of methoxy groups -OCH3 is 1. The molecule has 1 aliphatic rings. The maximum absolute atomic E-state index is 12.2. The van der Waals surface area contributed by atoms with Crippen LogP contribution in [-0.4, -0.2) is 62.5 Å². The molecule has 120 valence electrons. The number of carbonyl (C=O) groups is 2. The van der Waals surface area contributed by atoms with Gasteiger partial charge in [0.1, 0.15) is 0 Å². The van der Waals surface area contributed by atoms with Crippen LogP contribution in [-0.2, 0) is 16.0 Å². The fourth-order valence-electron chi connectivity index (χ4n) is 2.87. The molecule has 22 heavy (non-hydrogen) atoms. The number of nitrogens with zero attached hydrogens (tertiary/aromatic N) is 2. The van der Waals surface area contributed by atoms with Crippen molar-refractivity contribution in [3.63, 3.8) is 0 Å². The summed E-state index contributed by atoms with van der Waals surface area (Å²) in [6.45, 7) is 1.95. The number of carbonyl (C=O) groups excluding carboxylic acids is 2. The van der Waals surface area contributed by atoms with Crippen molar-refractivity contribution < 1.29 is 14.3 Å². The summed E-state index contributed by atoms with van der Waals surface area (Å²) in [4.78, 5) is 27.7. The van der Waals surface area contributed by atoms with E-state index < -0.39 is 0 Å². The first-order valence-electron chi connectivity index (χ1n) is 7.59. The minimum absolute atomic E-state index is 0.0103. The van der Waals surface area contributed by atoms with E-state index in [0.29, 0.717) is 19.6 Å². The maximum Gasteiger partial charge on any atom is 0.253 e. The van der Waals surface area contributed by atoms with Gasteiger partial charge in [0.05, 0.1) is 6.61 Å². The first-order valence-corrected chi connectivity index (χ1v) is 7.59. The van der Waals surface area contributed by atoms with Crippen LogP contribution in [0.25, 0.3) is 0 Å². The van der Waals surface area contributed by atoms with Crippen LogP contribution in [0.2, 0.25) is 0 Å². The Balaban J connectivity index is 2.06. The predicted octanol–water partition coefficient (Wildman–Crippen LogP) is 1.43. The van der Waals surface area contributed by atoms with Crippen LogP contribution >= 0.6 is 0 Å². The molecule has 0 aromatic heterocycles. The molecule has 1 saturated heterocycles. The highest BCUT2D eigenvalue weighted by atomic mass is 16.5. The van der Waals surface area contributed by atoms with Gasteiger partial charge in [0.25, 0.3) is 5.91 Å². The summed E-state index contributed by atoms with van der Waals surface area (Å²) in [5.41, 5.74) is 1.75. The van der Waals surface area contributed by atoms with Crippen molar-refractivity contribution in [3.8, 4) is 0 Å². The molecular formula is C17H24N2O3. The van der Waals surface area contributed by atoms with Crippen LogP contribution in [0.15, 0.2) is 24.3 Å². The molecular weight excluding hydrogens is 280 g/mol. The molecule has 0 radical (unpaired) electrons. The summed E-state index contributed by atoms with van der Waals surface area (Å²) in [5.74, 6) is 0.454. The fourth-order valence-corrected chi connectivity index (χ4v) is 2.87. The minimum atomic E-state index is 0.0103. The van der Waals surface area contributed by atoms with Crippen molar-refractivity contribution in [1.82, 2.24) is 9.80 Å². The predicted molar refractivity (Wildman–Crippen MR) is 84.7 cm³/mol. The van der Waals surface area contributed by atoms with Gasteiger partial charge in [-0.3, -0.25) is 9.59 Å². The molecule has 0 aliphatic carbocycles. The zero-order valence-electron chi connectivity index (χ0n) is 13.5. The third kappa shape index (κ3) is 3.85. The molecule has 0 spiro atoms. The Morgan fingerprint density at radius 2 is 2.09 bits per heavy atom. The number of hydrogen-bond acceptors (Lipinski definition) is 3. The van der Waals surface area contributed by atoms with E-state index in [1.54, 1.807) is 26.1 Å². The zero-order valence-corrected chi connectivity index (χ0v) is 13.5. The summed E-state index contributed by atoms with van der Waals surface area (Å²) in [6.07, 6.45) is 1.30. The standard InChI is InChI=1S/C17H24N2O3/c1-18(2)17(21)15-7-5-4-6-14(15)10-13-11-16(20)19(12-13)8-9-22-3/h4-7,13H,8-12H2,1-3H3. The normalized spacial score (nSPS) is 17.9. The van der Waals surface area contributed by atoms with E-state index in [2.05, 4.69) is 0 Å². The third-order valence-corrected chi connectivity index (χ3v) is 4.02. The molecule has 0 bridgehead atoms. The highest BCUT2D eigenvalue weighted by Crippen LogP contribution is 2.24. The van der Waals surface area contributed by atoms with Gasteiger partial charge < -0.3 is 14.5 Å². The largest absolute Gasteiger partial charge is 0.383 e. The fraction of sp³-hybridized carbons (Fsp3) is 0.529. The lowest BCUT2D eigenvalue weighted by Crippen LogP contribution is -2.29. The molecule has 0 saturated carbocycles. The number of rotatable bonds is 6. The van der Waals surface area contributed by atoms with E-state index in [1.165, 1.54) is 0 Å². The lowest BCUT2D eigenvalue weighted by atomic mass is 9.94. The molecule has 1 aliphatic heterocycles. The second-order valence-electron chi connectivity index (χ2n) is 5.96. The summed E-state index contributed by atoms with van der Waals surface area (Å²) in [7, 11) is 5.15. The molecule has 1 heterocycles. The molecule has 1 fully saturated rings. The highest BCUT2D eigenvalue weighted by Gasteiger charge is 2.30. The number of benzene rings is 1. The van der Waals surface area contributed by atoms with Gasteiger partial charge in [-0.25, -0.2) is 0 Å². The number of likely N-dealkylation sites (tertiary alicyclic amines) is 1. The number of amides is 2. The van der Waals surface area contributed by atoms with Crippen LogP contribution in [0.3, 0.4) is 0 Å². The van der Waals surface area contributed by atoms with Gasteiger partial charge >= 0.3 is 0 Å². The van der Waals surface area contributed by atoms with Crippen LogP contribution < -0.4 is 0 Å². The smallest absolute Gasteiger partial charge is 0.253 e. The molecule has 1 aromatic rings. The van der Waals surface area contributed by atoms with E-state index in [4.69, 9.17) is 4.74 Å².